The molecule has 0 aromatic rings. The number of aliphatic carboxylic acids is 1. The van der Waals surface area contributed by atoms with Crippen LogP contribution in [0.2, 0.25) is 0 Å². The Balaban J connectivity index is 5.54. The number of nitrogens with one attached hydrogen (secondary N) is 3. The van der Waals surface area contributed by atoms with E-state index in [-0.39, 0.29) is 12.8 Å². The van der Waals surface area contributed by atoms with E-state index in [4.69, 9.17) is 17.2 Å². The van der Waals surface area contributed by atoms with Gasteiger partial charge in [0.25, 0.3) is 0 Å². The summed E-state index contributed by atoms with van der Waals surface area (Å²) >= 11 is 0. The van der Waals surface area contributed by atoms with Crippen molar-refractivity contribution in [3.05, 3.63) is 0 Å². The van der Waals surface area contributed by atoms with Gasteiger partial charge in [-0.1, -0.05) is 34.1 Å². The normalized spacial score (nSPS) is 15.5. The van der Waals surface area contributed by atoms with Crippen molar-refractivity contribution in [2.75, 3.05) is 0 Å². The fraction of sp³-hybridized carbons (Fsp3) is 0.700. The van der Waals surface area contributed by atoms with Crippen LogP contribution < -0.4 is 33.2 Å². The van der Waals surface area contributed by atoms with Gasteiger partial charge in [0.05, 0.1) is 12.5 Å². The number of carboxylic acids is 1. The van der Waals surface area contributed by atoms with Crippen LogP contribution in [0, 0.1) is 11.8 Å². The highest BCUT2D eigenvalue weighted by molar-refractivity contribution is 5.96. The first-order chi connectivity index (χ1) is 15.2. The minimum Gasteiger partial charge on any atom is -0.480 e. The number of rotatable bonds is 15. The Kier molecular flexibility index (Phi) is 12.7. The van der Waals surface area contributed by atoms with Gasteiger partial charge in [-0.05, 0) is 18.3 Å². The molecule has 13 nitrogen and oxygen atoms in total. The van der Waals surface area contributed by atoms with Crippen molar-refractivity contribution in [1.29, 1.82) is 0 Å². The lowest BCUT2D eigenvalue weighted by Crippen LogP contribution is -2.59. The number of carbonyl (C=O) groups excluding carboxylic acids is 5. The Morgan fingerprint density at radius 3 is 1.79 bits per heavy atom. The molecule has 13 heteroatoms. The van der Waals surface area contributed by atoms with Crippen molar-refractivity contribution < 1.29 is 33.9 Å². The highest BCUT2D eigenvalue weighted by atomic mass is 16.4. The van der Waals surface area contributed by atoms with E-state index in [1.54, 1.807) is 27.7 Å². The van der Waals surface area contributed by atoms with Gasteiger partial charge < -0.3 is 38.3 Å². The van der Waals surface area contributed by atoms with E-state index in [0.29, 0.717) is 6.42 Å². The van der Waals surface area contributed by atoms with Crippen LogP contribution in [0.3, 0.4) is 0 Å². The molecule has 188 valence electrons. The highest BCUT2D eigenvalue weighted by Crippen LogP contribution is 2.11. The first-order valence-corrected chi connectivity index (χ1v) is 10.7. The van der Waals surface area contributed by atoms with Gasteiger partial charge in [-0.15, -0.1) is 0 Å². The predicted octanol–water partition coefficient (Wildman–Crippen LogP) is -2.30. The smallest absolute Gasteiger partial charge is 0.326 e. The number of carboxylic acid groups (broad SMARTS) is 1. The quantitative estimate of drug-likeness (QED) is 0.136. The van der Waals surface area contributed by atoms with Crippen molar-refractivity contribution in [3.8, 4) is 0 Å². The van der Waals surface area contributed by atoms with Crippen LogP contribution in [-0.4, -0.2) is 64.8 Å². The molecule has 0 spiro atoms. The third-order valence-corrected chi connectivity index (χ3v) is 5.10. The first-order valence-electron chi connectivity index (χ1n) is 10.7. The lowest BCUT2D eigenvalue weighted by atomic mass is 9.96. The van der Waals surface area contributed by atoms with Crippen molar-refractivity contribution in [2.45, 2.75) is 77.5 Å². The van der Waals surface area contributed by atoms with Gasteiger partial charge in [0.1, 0.15) is 18.1 Å². The molecular formula is C20H36N6O7. The third kappa shape index (κ3) is 10.8. The summed E-state index contributed by atoms with van der Waals surface area (Å²) in [5.74, 6) is -6.00. The molecule has 5 atom stereocenters. The van der Waals surface area contributed by atoms with Gasteiger partial charge in [0.2, 0.25) is 29.5 Å². The van der Waals surface area contributed by atoms with E-state index in [9.17, 15) is 33.9 Å². The second-order valence-electron chi connectivity index (χ2n) is 8.28. The molecule has 0 bridgehead atoms. The second-order valence-corrected chi connectivity index (χ2v) is 8.28. The van der Waals surface area contributed by atoms with Gasteiger partial charge in [-0.25, -0.2) is 4.79 Å². The highest BCUT2D eigenvalue weighted by Gasteiger charge is 2.34. The van der Waals surface area contributed by atoms with Crippen molar-refractivity contribution in [3.63, 3.8) is 0 Å². The van der Waals surface area contributed by atoms with E-state index >= 15 is 0 Å². The Morgan fingerprint density at radius 2 is 1.36 bits per heavy atom. The fourth-order valence-electron chi connectivity index (χ4n) is 2.83. The van der Waals surface area contributed by atoms with Crippen molar-refractivity contribution in [1.82, 2.24) is 16.0 Å². The van der Waals surface area contributed by atoms with Gasteiger partial charge in [-0.2, -0.15) is 0 Å². The molecule has 0 saturated carbocycles. The summed E-state index contributed by atoms with van der Waals surface area (Å²) in [5.41, 5.74) is 15.9. The molecule has 0 aromatic carbocycles. The van der Waals surface area contributed by atoms with Crippen molar-refractivity contribution >= 4 is 35.5 Å². The second kappa shape index (κ2) is 14.0. The van der Waals surface area contributed by atoms with Crippen LogP contribution >= 0.6 is 0 Å². The van der Waals surface area contributed by atoms with E-state index in [1.165, 1.54) is 0 Å². The molecular weight excluding hydrogens is 436 g/mol. The molecule has 0 heterocycles. The Labute approximate surface area is 192 Å². The minimum absolute atomic E-state index is 0.0737. The largest absolute Gasteiger partial charge is 0.480 e. The number of nitrogens with two attached hydrogens (primary N) is 3. The van der Waals surface area contributed by atoms with E-state index in [2.05, 4.69) is 16.0 Å². The minimum atomic E-state index is -1.44. The molecule has 0 saturated heterocycles. The maximum Gasteiger partial charge on any atom is 0.326 e. The zero-order valence-corrected chi connectivity index (χ0v) is 19.4. The summed E-state index contributed by atoms with van der Waals surface area (Å²) in [5, 5.41) is 16.5. The number of hydrogen-bond acceptors (Lipinski definition) is 7. The molecule has 10 N–H and O–H groups in total. The van der Waals surface area contributed by atoms with E-state index in [1.807, 2.05) is 0 Å². The van der Waals surface area contributed by atoms with Crippen LogP contribution in [0.4, 0.5) is 0 Å². The topological polar surface area (TPSA) is 237 Å². The first kappa shape index (κ1) is 29.8. The molecule has 0 aromatic heterocycles. The summed E-state index contributed by atoms with van der Waals surface area (Å²) in [6.45, 7) is 6.69. The third-order valence-electron chi connectivity index (χ3n) is 5.10. The zero-order valence-electron chi connectivity index (χ0n) is 19.4. The Bertz CT molecular complexity index is 742. The molecule has 0 aliphatic rings. The molecule has 0 aliphatic heterocycles. The monoisotopic (exact) mass is 472 g/mol. The summed E-state index contributed by atoms with van der Waals surface area (Å²) in [7, 11) is 0. The molecule has 5 amide bonds. The fourth-order valence-corrected chi connectivity index (χ4v) is 2.83. The summed E-state index contributed by atoms with van der Waals surface area (Å²) in [4.78, 5) is 71.7. The van der Waals surface area contributed by atoms with Gasteiger partial charge in [0.15, 0.2) is 0 Å². The van der Waals surface area contributed by atoms with Crippen LogP contribution in [-0.2, 0) is 28.8 Å². The SMILES string of the molecule is CCC(C)C(NC(=O)C(CC(N)=O)NC(=O)C(N)CCC(N)=O)C(=O)NC(C(=O)O)C(C)C. The van der Waals surface area contributed by atoms with Gasteiger partial charge >= 0.3 is 5.97 Å². The maximum absolute atomic E-state index is 12.8. The van der Waals surface area contributed by atoms with Crippen LogP contribution in [0.25, 0.3) is 0 Å². The molecule has 0 rings (SSSR count). The molecule has 0 fully saturated rings. The molecule has 0 radical (unpaired) electrons. The standard InChI is InChI=1S/C20H36N6O7/c1-5-10(4)16(19(31)25-15(9(2)3)20(32)33)26-18(30)12(8-14(23)28)24-17(29)11(21)6-7-13(22)27/h9-12,15-16H,5-8,21H2,1-4H3,(H2,22,27)(H2,23,28)(H,24,29)(H,25,31)(H,26,30)(H,32,33). The van der Waals surface area contributed by atoms with Crippen molar-refractivity contribution in [2.24, 2.45) is 29.0 Å². The summed E-state index contributed by atoms with van der Waals surface area (Å²) < 4.78 is 0. The number of primary amides is 2. The lowest BCUT2D eigenvalue weighted by molar-refractivity contribution is -0.144. The van der Waals surface area contributed by atoms with Gasteiger partial charge in [0, 0.05) is 6.42 Å². The summed E-state index contributed by atoms with van der Waals surface area (Å²) in [6, 6.07) is -4.92. The molecule has 5 unspecified atom stereocenters. The maximum atomic E-state index is 12.8. The number of hydrogen-bond donors (Lipinski definition) is 7. The van der Waals surface area contributed by atoms with Gasteiger partial charge in [-0.3, -0.25) is 24.0 Å². The number of amides is 5. The predicted molar refractivity (Wildman–Crippen MR) is 118 cm³/mol. The van der Waals surface area contributed by atoms with E-state index in [0.717, 1.165) is 0 Å². The lowest BCUT2D eigenvalue weighted by Gasteiger charge is -2.28. The Morgan fingerprint density at radius 1 is 0.818 bits per heavy atom. The van der Waals surface area contributed by atoms with Crippen LogP contribution in [0.15, 0.2) is 0 Å². The summed E-state index contributed by atoms with van der Waals surface area (Å²) in [6.07, 6.45) is -0.338. The number of carbonyl (C=O) groups is 6. The molecule has 0 aliphatic carbocycles. The van der Waals surface area contributed by atoms with E-state index < -0.39 is 77.9 Å². The average molecular weight is 473 g/mol. The average Bonchev–Trinajstić information content (AvgIpc) is 2.71. The van der Waals surface area contributed by atoms with Crippen LogP contribution in [0.1, 0.15) is 53.4 Å². The zero-order chi connectivity index (χ0) is 25.9. The van der Waals surface area contributed by atoms with Crippen LogP contribution in [0.5, 0.6) is 0 Å². The Hall–Kier alpha value is -3.22. The molecule has 33 heavy (non-hydrogen) atoms.